The lowest BCUT2D eigenvalue weighted by Crippen LogP contribution is -2.52. The van der Waals surface area contributed by atoms with E-state index in [0.717, 1.165) is 19.3 Å². The first-order chi connectivity index (χ1) is 8.10. The molecule has 0 aromatic carbocycles. The predicted octanol–water partition coefficient (Wildman–Crippen LogP) is 0.414. The van der Waals surface area contributed by atoms with E-state index in [0.29, 0.717) is 12.8 Å². The maximum absolute atomic E-state index is 11.9. The number of nitrogens with zero attached hydrogens (tertiary/aromatic N) is 1. The Morgan fingerprint density at radius 3 is 2.59 bits per heavy atom. The van der Waals surface area contributed by atoms with Crippen molar-refractivity contribution in [2.75, 3.05) is 13.7 Å². The van der Waals surface area contributed by atoms with Gasteiger partial charge in [0.1, 0.15) is 12.1 Å². The van der Waals surface area contributed by atoms with Crippen molar-refractivity contribution in [3.63, 3.8) is 0 Å². The number of rotatable bonds is 2. The fourth-order valence-corrected chi connectivity index (χ4v) is 2.65. The fourth-order valence-electron chi connectivity index (χ4n) is 2.65. The number of urea groups is 1. The molecular formula is C11H16N2O4. The van der Waals surface area contributed by atoms with Gasteiger partial charge in [-0.3, -0.25) is 19.8 Å². The molecule has 0 radical (unpaired) electrons. The predicted molar refractivity (Wildman–Crippen MR) is 58.1 cm³/mol. The van der Waals surface area contributed by atoms with E-state index >= 15 is 0 Å². The molecule has 0 atom stereocenters. The zero-order valence-corrected chi connectivity index (χ0v) is 9.82. The Balaban J connectivity index is 2.23. The van der Waals surface area contributed by atoms with Crippen LogP contribution in [0.1, 0.15) is 32.1 Å². The van der Waals surface area contributed by atoms with Crippen LogP contribution < -0.4 is 5.32 Å². The third-order valence-corrected chi connectivity index (χ3v) is 3.60. The van der Waals surface area contributed by atoms with E-state index in [1.165, 1.54) is 12.0 Å². The van der Waals surface area contributed by atoms with Gasteiger partial charge in [0.05, 0.1) is 7.11 Å². The standard InChI is InChI=1S/C11H16N2O4/c1-17-8(14)7-13-10(16)12-9(15)11(13)5-3-2-4-6-11/h2-7H2,1H3,(H,12,15,16). The number of imide groups is 1. The molecule has 0 unspecified atom stereocenters. The molecule has 1 saturated carbocycles. The Bertz CT molecular complexity index is 360. The van der Waals surface area contributed by atoms with Gasteiger partial charge >= 0.3 is 12.0 Å². The van der Waals surface area contributed by atoms with Gasteiger partial charge in [-0.05, 0) is 12.8 Å². The molecule has 0 bridgehead atoms. The lowest BCUT2D eigenvalue weighted by molar-refractivity contribution is -0.143. The minimum atomic E-state index is -0.816. The normalized spacial score (nSPS) is 22.8. The van der Waals surface area contributed by atoms with Crippen molar-refractivity contribution < 1.29 is 19.1 Å². The summed E-state index contributed by atoms with van der Waals surface area (Å²) in [4.78, 5) is 36.2. The van der Waals surface area contributed by atoms with Gasteiger partial charge in [0, 0.05) is 0 Å². The molecule has 2 rings (SSSR count). The summed E-state index contributed by atoms with van der Waals surface area (Å²) in [5, 5.41) is 2.30. The van der Waals surface area contributed by atoms with E-state index in [1.807, 2.05) is 0 Å². The number of hydrogen-bond acceptors (Lipinski definition) is 4. The van der Waals surface area contributed by atoms with Gasteiger partial charge < -0.3 is 4.74 Å². The average molecular weight is 240 g/mol. The summed E-state index contributed by atoms with van der Waals surface area (Å²) in [7, 11) is 1.27. The first-order valence-corrected chi connectivity index (χ1v) is 5.80. The van der Waals surface area contributed by atoms with E-state index in [-0.39, 0.29) is 12.5 Å². The highest BCUT2D eigenvalue weighted by Crippen LogP contribution is 2.36. The molecular weight excluding hydrogens is 224 g/mol. The first kappa shape index (κ1) is 11.9. The Morgan fingerprint density at radius 1 is 1.35 bits per heavy atom. The van der Waals surface area contributed by atoms with Crippen LogP contribution in [0.4, 0.5) is 4.79 Å². The van der Waals surface area contributed by atoms with Crippen molar-refractivity contribution in [3.05, 3.63) is 0 Å². The second kappa shape index (κ2) is 4.35. The summed E-state index contributed by atoms with van der Waals surface area (Å²) in [5.74, 6) is -0.772. The molecule has 0 aromatic heterocycles. The second-order valence-electron chi connectivity index (χ2n) is 4.51. The van der Waals surface area contributed by atoms with Crippen LogP contribution in [-0.4, -0.2) is 42.0 Å². The van der Waals surface area contributed by atoms with Crippen LogP contribution in [0.2, 0.25) is 0 Å². The van der Waals surface area contributed by atoms with Crippen LogP contribution in [0.15, 0.2) is 0 Å². The maximum atomic E-state index is 11.9. The zero-order chi connectivity index (χ0) is 12.5. The quantitative estimate of drug-likeness (QED) is 0.560. The van der Waals surface area contributed by atoms with Gasteiger partial charge in [0.2, 0.25) is 0 Å². The largest absolute Gasteiger partial charge is 0.468 e. The molecule has 1 heterocycles. The molecule has 1 spiro atoms. The van der Waals surface area contributed by atoms with Gasteiger partial charge in [-0.15, -0.1) is 0 Å². The van der Waals surface area contributed by atoms with E-state index in [9.17, 15) is 14.4 Å². The van der Waals surface area contributed by atoms with Crippen LogP contribution in [0, 0.1) is 0 Å². The van der Waals surface area contributed by atoms with Crippen LogP contribution >= 0.6 is 0 Å². The molecule has 2 aliphatic rings. The highest BCUT2D eigenvalue weighted by Gasteiger charge is 2.53. The molecule has 6 nitrogen and oxygen atoms in total. The van der Waals surface area contributed by atoms with Crippen LogP contribution in [0.5, 0.6) is 0 Å². The molecule has 3 amide bonds. The lowest BCUT2D eigenvalue weighted by Gasteiger charge is -2.37. The highest BCUT2D eigenvalue weighted by molar-refractivity contribution is 6.08. The number of nitrogens with one attached hydrogen (secondary N) is 1. The van der Waals surface area contributed by atoms with E-state index in [4.69, 9.17) is 0 Å². The number of ether oxygens (including phenoxy) is 1. The number of esters is 1. The number of carbonyl (C=O) groups is 3. The molecule has 94 valence electrons. The van der Waals surface area contributed by atoms with Gasteiger partial charge in [0.15, 0.2) is 0 Å². The van der Waals surface area contributed by atoms with Crippen molar-refractivity contribution in [2.45, 2.75) is 37.6 Å². The fraction of sp³-hybridized carbons (Fsp3) is 0.727. The molecule has 2 fully saturated rings. The van der Waals surface area contributed by atoms with Crippen LogP contribution in [0.25, 0.3) is 0 Å². The van der Waals surface area contributed by atoms with E-state index < -0.39 is 17.5 Å². The number of hydrogen-bond donors (Lipinski definition) is 1. The number of methoxy groups -OCH3 is 1. The summed E-state index contributed by atoms with van der Waals surface area (Å²) in [6, 6.07) is -0.484. The highest BCUT2D eigenvalue weighted by atomic mass is 16.5. The smallest absolute Gasteiger partial charge is 0.325 e. The third kappa shape index (κ3) is 1.87. The molecule has 1 aliphatic carbocycles. The Morgan fingerprint density at radius 2 is 2.00 bits per heavy atom. The average Bonchev–Trinajstić information content (AvgIpc) is 2.55. The minimum Gasteiger partial charge on any atom is -0.468 e. The topological polar surface area (TPSA) is 75.7 Å². The van der Waals surface area contributed by atoms with Crippen molar-refractivity contribution in [1.29, 1.82) is 0 Å². The first-order valence-electron chi connectivity index (χ1n) is 5.80. The summed E-state index contributed by atoms with van der Waals surface area (Å²) in [5.41, 5.74) is -0.816. The number of carbonyl (C=O) groups excluding carboxylic acids is 3. The van der Waals surface area contributed by atoms with Crippen molar-refractivity contribution in [1.82, 2.24) is 10.2 Å². The molecule has 17 heavy (non-hydrogen) atoms. The van der Waals surface area contributed by atoms with E-state index in [1.54, 1.807) is 0 Å². The van der Waals surface area contributed by atoms with E-state index in [2.05, 4.69) is 10.1 Å². The second-order valence-corrected chi connectivity index (χ2v) is 4.51. The summed E-state index contributed by atoms with van der Waals surface area (Å²) in [6.07, 6.45) is 4.12. The van der Waals surface area contributed by atoms with Gasteiger partial charge in [-0.1, -0.05) is 19.3 Å². The summed E-state index contributed by atoms with van der Waals surface area (Å²) >= 11 is 0. The molecule has 1 aliphatic heterocycles. The summed E-state index contributed by atoms with van der Waals surface area (Å²) < 4.78 is 4.56. The van der Waals surface area contributed by atoms with Crippen LogP contribution in [-0.2, 0) is 14.3 Å². The SMILES string of the molecule is COC(=O)CN1C(=O)NC(=O)C12CCCCC2. The Kier molecular flexibility index (Phi) is 3.04. The van der Waals surface area contributed by atoms with Gasteiger partial charge in [0.25, 0.3) is 5.91 Å². The van der Waals surface area contributed by atoms with Gasteiger partial charge in [-0.2, -0.15) is 0 Å². The molecule has 1 N–H and O–H groups in total. The lowest BCUT2D eigenvalue weighted by atomic mass is 9.80. The van der Waals surface area contributed by atoms with Crippen LogP contribution in [0.3, 0.4) is 0 Å². The van der Waals surface area contributed by atoms with Gasteiger partial charge in [-0.25, -0.2) is 4.79 Å². The molecule has 0 aromatic rings. The Hall–Kier alpha value is -1.59. The minimum absolute atomic E-state index is 0.159. The van der Waals surface area contributed by atoms with Crippen molar-refractivity contribution in [2.24, 2.45) is 0 Å². The Labute approximate surface area is 99.3 Å². The molecule has 6 heteroatoms. The number of amides is 3. The summed E-state index contributed by atoms with van der Waals surface area (Å²) in [6.45, 7) is -0.159. The molecule has 1 saturated heterocycles. The third-order valence-electron chi connectivity index (χ3n) is 3.60. The monoisotopic (exact) mass is 240 g/mol. The zero-order valence-electron chi connectivity index (χ0n) is 9.82. The van der Waals surface area contributed by atoms with Crippen molar-refractivity contribution in [3.8, 4) is 0 Å². The van der Waals surface area contributed by atoms with Crippen molar-refractivity contribution >= 4 is 17.9 Å². The maximum Gasteiger partial charge on any atom is 0.325 e.